The summed E-state index contributed by atoms with van der Waals surface area (Å²) >= 11 is 0. The van der Waals surface area contributed by atoms with Crippen molar-refractivity contribution in [1.29, 1.82) is 0 Å². The van der Waals surface area contributed by atoms with Crippen LogP contribution in [0, 0.1) is 0 Å². The SMILES string of the molecule is FC1(F)CCN(CCOc2ccccc2)CC1. The normalized spacial score (nSPS) is 20.1. The lowest BCUT2D eigenvalue weighted by atomic mass is 10.1. The van der Waals surface area contributed by atoms with Crippen LogP contribution in [-0.2, 0) is 0 Å². The monoisotopic (exact) mass is 241 g/mol. The van der Waals surface area contributed by atoms with Crippen molar-refractivity contribution in [2.24, 2.45) is 0 Å². The molecule has 0 bridgehead atoms. The lowest BCUT2D eigenvalue weighted by Gasteiger charge is -2.31. The predicted molar refractivity (Wildman–Crippen MR) is 62.6 cm³/mol. The molecule has 1 aliphatic rings. The van der Waals surface area contributed by atoms with E-state index in [1.54, 1.807) is 0 Å². The van der Waals surface area contributed by atoms with Crippen molar-refractivity contribution in [2.75, 3.05) is 26.2 Å². The van der Waals surface area contributed by atoms with Gasteiger partial charge in [0.15, 0.2) is 0 Å². The van der Waals surface area contributed by atoms with Crippen LogP contribution in [0.5, 0.6) is 5.75 Å². The summed E-state index contributed by atoms with van der Waals surface area (Å²) in [5, 5.41) is 0. The van der Waals surface area contributed by atoms with E-state index in [2.05, 4.69) is 0 Å². The average molecular weight is 241 g/mol. The van der Waals surface area contributed by atoms with Crippen LogP contribution in [0.15, 0.2) is 30.3 Å². The standard InChI is InChI=1S/C13H17F2NO/c14-13(15)6-8-16(9-7-13)10-11-17-12-4-2-1-3-5-12/h1-5H,6-11H2. The summed E-state index contributed by atoms with van der Waals surface area (Å²) in [6.45, 7) is 2.19. The molecule has 0 atom stereocenters. The van der Waals surface area contributed by atoms with Gasteiger partial charge in [0.25, 0.3) is 5.92 Å². The second kappa shape index (κ2) is 5.45. The molecule has 0 aliphatic carbocycles. The van der Waals surface area contributed by atoms with Crippen molar-refractivity contribution in [3.8, 4) is 5.75 Å². The number of para-hydroxylation sites is 1. The number of nitrogens with zero attached hydrogens (tertiary/aromatic N) is 1. The van der Waals surface area contributed by atoms with Gasteiger partial charge < -0.3 is 4.74 Å². The molecule has 1 aromatic rings. The average Bonchev–Trinajstić information content (AvgIpc) is 2.33. The lowest BCUT2D eigenvalue weighted by molar-refractivity contribution is -0.0564. The van der Waals surface area contributed by atoms with E-state index in [-0.39, 0.29) is 12.8 Å². The van der Waals surface area contributed by atoms with Crippen molar-refractivity contribution >= 4 is 0 Å². The number of piperidine rings is 1. The smallest absolute Gasteiger partial charge is 0.250 e. The van der Waals surface area contributed by atoms with Gasteiger partial charge >= 0.3 is 0 Å². The maximum absolute atomic E-state index is 12.9. The van der Waals surface area contributed by atoms with E-state index in [0.717, 1.165) is 5.75 Å². The Kier molecular flexibility index (Phi) is 3.94. The second-order valence-corrected chi connectivity index (χ2v) is 4.36. The number of halogens is 2. The van der Waals surface area contributed by atoms with Gasteiger partial charge in [0, 0.05) is 32.5 Å². The number of ether oxygens (including phenoxy) is 1. The van der Waals surface area contributed by atoms with Crippen LogP contribution in [0.2, 0.25) is 0 Å². The molecule has 0 radical (unpaired) electrons. The zero-order valence-electron chi connectivity index (χ0n) is 9.74. The molecular weight excluding hydrogens is 224 g/mol. The van der Waals surface area contributed by atoms with Gasteiger partial charge in [-0.2, -0.15) is 0 Å². The molecule has 1 aliphatic heterocycles. The maximum atomic E-state index is 12.9. The van der Waals surface area contributed by atoms with Crippen molar-refractivity contribution in [3.63, 3.8) is 0 Å². The minimum absolute atomic E-state index is 0.0294. The number of hydrogen-bond donors (Lipinski definition) is 0. The van der Waals surface area contributed by atoms with E-state index < -0.39 is 5.92 Å². The van der Waals surface area contributed by atoms with Crippen LogP contribution in [0.1, 0.15) is 12.8 Å². The Bertz CT molecular complexity index is 333. The van der Waals surface area contributed by atoms with Crippen LogP contribution < -0.4 is 4.74 Å². The minimum atomic E-state index is -2.46. The third kappa shape index (κ3) is 3.97. The molecule has 0 aromatic heterocycles. The summed E-state index contributed by atoms with van der Waals surface area (Å²) in [5.41, 5.74) is 0. The predicted octanol–water partition coefficient (Wildman–Crippen LogP) is 2.80. The molecule has 17 heavy (non-hydrogen) atoms. The third-order valence-corrected chi connectivity index (χ3v) is 3.01. The summed E-state index contributed by atoms with van der Waals surface area (Å²) in [7, 11) is 0. The number of rotatable bonds is 4. The fraction of sp³-hybridized carbons (Fsp3) is 0.538. The molecule has 0 unspecified atom stereocenters. The molecule has 1 aromatic carbocycles. The van der Waals surface area contributed by atoms with Crippen LogP contribution in [0.4, 0.5) is 8.78 Å². The Hall–Kier alpha value is -1.16. The second-order valence-electron chi connectivity index (χ2n) is 4.36. The minimum Gasteiger partial charge on any atom is -0.492 e. The first-order valence-electron chi connectivity index (χ1n) is 5.94. The van der Waals surface area contributed by atoms with Gasteiger partial charge in [0.2, 0.25) is 0 Å². The summed E-state index contributed by atoms with van der Waals surface area (Å²) in [4.78, 5) is 2.03. The van der Waals surface area contributed by atoms with Crippen molar-refractivity contribution in [2.45, 2.75) is 18.8 Å². The van der Waals surface area contributed by atoms with Gasteiger partial charge in [-0.3, -0.25) is 4.90 Å². The van der Waals surface area contributed by atoms with E-state index in [1.165, 1.54) is 0 Å². The molecule has 0 amide bonds. The summed E-state index contributed by atoms with van der Waals surface area (Å²) in [6, 6.07) is 9.54. The summed E-state index contributed by atoms with van der Waals surface area (Å²) < 4.78 is 31.3. The Labute approximate surface area is 100 Å². The molecule has 2 nitrogen and oxygen atoms in total. The summed E-state index contributed by atoms with van der Waals surface area (Å²) in [6.07, 6.45) is -0.0589. The van der Waals surface area contributed by atoms with E-state index in [9.17, 15) is 8.78 Å². The van der Waals surface area contributed by atoms with E-state index >= 15 is 0 Å². The first kappa shape index (κ1) is 12.3. The highest BCUT2D eigenvalue weighted by molar-refractivity contribution is 5.20. The zero-order valence-corrected chi connectivity index (χ0v) is 9.74. The fourth-order valence-corrected chi connectivity index (χ4v) is 1.91. The van der Waals surface area contributed by atoms with Gasteiger partial charge in [-0.1, -0.05) is 18.2 Å². The van der Waals surface area contributed by atoms with Gasteiger partial charge in [0.05, 0.1) is 0 Å². The number of benzene rings is 1. The Morgan fingerprint density at radius 2 is 1.76 bits per heavy atom. The highest BCUT2D eigenvalue weighted by Crippen LogP contribution is 2.27. The molecule has 0 saturated carbocycles. The van der Waals surface area contributed by atoms with Crippen molar-refractivity contribution in [1.82, 2.24) is 4.90 Å². The maximum Gasteiger partial charge on any atom is 0.250 e. The molecule has 0 N–H and O–H groups in total. The van der Waals surface area contributed by atoms with Crippen LogP contribution in [0.25, 0.3) is 0 Å². The van der Waals surface area contributed by atoms with Crippen LogP contribution in [0.3, 0.4) is 0 Å². The highest BCUT2D eigenvalue weighted by Gasteiger charge is 2.33. The zero-order chi connectivity index (χ0) is 12.1. The first-order valence-corrected chi connectivity index (χ1v) is 5.94. The topological polar surface area (TPSA) is 12.5 Å². The van der Waals surface area contributed by atoms with Crippen LogP contribution in [-0.4, -0.2) is 37.1 Å². The van der Waals surface area contributed by atoms with Gasteiger partial charge in [0.1, 0.15) is 12.4 Å². The largest absolute Gasteiger partial charge is 0.492 e. The molecule has 1 fully saturated rings. The van der Waals surface area contributed by atoms with E-state index in [4.69, 9.17) is 4.74 Å². The summed E-state index contributed by atoms with van der Waals surface area (Å²) in [5.74, 6) is -1.63. The molecule has 1 saturated heterocycles. The number of likely N-dealkylation sites (tertiary alicyclic amines) is 1. The molecular formula is C13H17F2NO. The Morgan fingerprint density at radius 3 is 2.41 bits per heavy atom. The molecule has 0 spiro atoms. The van der Waals surface area contributed by atoms with Crippen LogP contribution >= 0.6 is 0 Å². The quantitative estimate of drug-likeness (QED) is 0.803. The molecule has 4 heteroatoms. The number of alkyl halides is 2. The molecule has 94 valence electrons. The number of hydrogen-bond acceptors (Lipinski definition) is 2. The molecule has 2 rings (SSSR count). The Morgan fingerprint density at radius 1 is 1.12 bits per heavy atom. The Balaban J connectivity index is 1.67. The highest BCUT2D eigenvalue weighted by atomic mass is 19.3. The van der Waals surface area contributed by atoms with Gasteiger partial charge in [-0.15, -0.1) is 0 Å². The third-order valence-electron chi connectivity index (χ3n) is 3.01. The van der Waals surface area contributed by atoms with E-state index in [1.807, 2.05) is 35.2 Å². The van der Waals surface area contributed by atoms with Gasteiger partial charge in [-0.05, 0) is 12.1 Å². The first-order chi connectivity index (χ1) is 8.16. The van der Waals surface area contributed by atoms with E-state index in [0.29, 0.717) is 26.2 Å². The van der Waals surface area contributed by atoms with Crippen molar-refractivity contribution in [3.05, 3.63) is 30.3 Å². The van der Waals surface area contributed by atoms with Gasteiger partial charge in [-0.25, -0.2) is 8.78 Å². The fourth-order valence-electron chi connectivity index (χ4n) is 1.91. The van der Waals surface area contributed by atoms with Crippen molar-refractivity contribution < 1.29 is 13.5 Å². The molecule has 1 heterocycles. The lowest BCUT2D eigenvalue weighted by Crippen LogP contribution is -2.41.